The van der Waals surface area contributed by atoms with Gasteiger partial charge in [-0.05, 0) is 49.0 Å². The maximum Gasteiger partial charge on any atom is 0.0480 e. The molecule has 4 heteroatoms. The number of thioether (sulfide) groups is 1. The molecule has 2 fully saturated rings. The van der Waals surface area contributed by atoms with Crippen LogP contribution in [0.2, 0.25) is 0 Å². The summed E-state index contributed by atoms with van der Waals surface area (Å²) in [6.07, 6.45) is 4.84. The fraction of sp³-hybridized carbons (Fsp3) is 0.579. The molecule has 2 aliphatic heterocycles. The van der Waals surface area contributed by atoms with E-state index >= 15 is 0 Å². The van der Waals surface area contributed by atoms with E-state index in [1.54, 1.807) is 0 Å². The summed E-state index contributed by atoms with van der Waals surface area (Å²) < 4.78 is 2.22. The molecule has 0 radical (unpaired) electrons. The van der Waals surface area contributed by atoms with Gasteiger partial charge in [-0.25, -0.2) is 0 Å². The molecule has 2 aromatic rings. The van der Waals surface area contributed by atoms with Gasteiger partial charge >= 0.3 is 0 Å². The zero-order chi connectivity index (χ0) is 15.6. The van der Waals surface area contributed by atoms with Gasteiger partial charge in [0, 0.05) is 55.9 Å². The summed E-state index contributed by atoms with van der Waals surface area (Å²) in [6, 6.07) is 9.96. The Morgan fingerprint density at radius 3 is 2.61 bits per heavy atom. The molecule has 1 aromatic carbocycles. The predicted molar refractivity (Wildman–Crippen MR) is 100 cm³/mol. The van der Waals surface area contributed by atoms with E-state index in [9.17, 15) is 0 Å². The van der Waals surface area contributed by atoms with E-state index < -0.39 is 0 Å². The number of piperidine rings is 1. The molecule has 0 bridgehead atoms. The van der Waals surface area contributed by atoms with Crippen LogP contribution in [-0.4, -0.2) is 58.1 Å². The molecule has 0 amide bonds. The number of benzene rings is 1. The van der Waals surface area contributed by atoms with Crippen LogP contribution in [0.1, 0.15) is 18.4 Å². The third-order valence-corrected chi connectivity index (χ3v) is 6.42. The molecule has 2 saturated heterocycles. The highest BCUT2D eigenvalue weighted by Gasteiger charge is 2.25. The zero-order valence-electron chi connectivity index (χ0n) is 14.1. The van der Waals surface area contributed by atoms with Gasteiger partial charge in [0.15, 0.2) is 0 Å². The van der Waals surface area contributed by atoms with Crippen molar-refractivity contribution in [3.05, 3.63) is 36.0 Å². The van der Waals surface area contributed by atoms with Crippen molar-refractivity contribution in [1.82, 2.24) is 14.4 Å². The van der Waals surface area contributed by atoms with Crippen LogP contribution >= 0.6 is 11.8 Å². The van der Waals surface area contributed by atoms with E-state index in [4.69, 9.17) is 0 Å². The van der Waals surface area contributed by atoms with Crippen LogP contribution in [0, 0.1) is 0 Å². The van der Waals surface area contributed by atoms with Crippen molar-refractivity contribution >= 4 is 22.7 Å². The fourth-order valence-corrected chi connectivity index (χ4v) is 4.98. The quantitative estimate of drug-likeness (QED) is 0.857. The minimum Gasteiger partial charge on any atom is -0.351 e. The van der Waals surface area contributed by atoms with Gasteiger partial charge in [0.25, 0.3) is 0 Å². The Labute approximate surface area is 143 Å². The van der Waals surface area contributed by atoms with E-state index in [1.807, 2.05) is 0 Å². The molecular weight excluding hydrogens is 302 g/mol. The summed E-state index contributed by atoms with van der Waals surface area (Å²) in [5.41, 5.74) is 2.80. The van der Waals surface area contributed by atoms with E-state index in [2.05, 4.69) is 63.6 Å². The van der Waals surface area contributed by atoms with E-state index in [1.165, 1.54) is 67.0 Å². The van der Waals surface area contributed by atoms with Crippen LogP contribution in [0.15, 0.2) is 30.5 Å². The average molecular weight is 330 g/mol. The van der Waals surface area contributed by atoms with Crippen LogP contribution < -0.4 is 0 Å². The highest BCUT2D eigenvalue weighted by atomic mass is 32.2. The third-order valence-electron chi connectivity index (χ3n) is 5.48. The van der Waals surface area contributed by atoms with Crippen LogP contribution in [0.3, 0.4) is 0 Å². The number of nitrogens with zero attached hydrogens (tertiary/aromatic N) is 3. The molecule has 0 atom stereocenters. The van der Waals surface area contributed by atoms with Crippen molar-refractivity contribution < 1.29 is 0 Å². The lowest BCUT2D eigenvalue weighted by Gasteiger charge is -2.40. The predicted octanol–water partition coefficient (Wildman–Crippen LogP) is 3.19. The largest absolute Gasteiger partial charge is 0.351 e. The molecule has 0 aliphatic carbocycles. The molecule has 3 heterocycles. The first-order chi connectivity index (χ1) is 11.3. The minimum absolute atomic E-state index is 0.836. The summed E-state index contributed by atoms with van der Waals surface area (Å²) >= 11 is 2.11. The molecule has 0 N–H and O–H groups in total. The number of fused-ring (bicyclic) bond motifs is 1. The topological polar surface area (TPSA) is 11.4 Å². The Kier molecular flexibility index (Phi) is 4.65. The molecule has 2 aliphatic rings. The van der Waals surface area contributed by atoms with Crippen molar-refractivity contribution in [3.63, 3.8) is 0 Å². The molecule has 124 valence electrons. The zero-order valence-corrected chi connectivity index (χ0v) is 14.9. The molecule has 0 saturated carbocycles. The summed E-state index contributed by atoms with van der Waals surface area (Å²) in [4.78, 5) is 5.38. The number of aryl methyl sites for hydroxylation is 1. The molecule has 1 aromatic heterocycles. The number of aromatic nitrogens is 1. The van der Waals surface area contributed by atoms with Gasteiger partial charge in [-0.1, -0.05) is 12.1 Å². The summed E-state index contributed by atoms with van der Waals surface area (Å²) in [6.45, 7) is 6.21. The first kappa shape index (κ1) is 15.6. The van der Waals surface area contributed by atoms with Crippen LogP contribution in [0.5, 0.6) is 0 Å². The Balaban J connectivity index is 1.35. The summed E-state index contributed by atoms with van der Waals surface area (Å²) in [7, 11) is 2.13. The Morgan fingerprint density at radius 1 is 1.04 bits per heavy atom. The van der Waals surface area contributed by atoms with Gasteiger partial charge in [0.2, 0.25) is 0 Å². The maximum atomic E-state index is 2.74. The highest BCUT2D eigenvalue weighted by Crippen LogP contribution is 2.23. The molecule has 23 heavy (non-hydrogen) atoms. The second-order valence-corrected chi connectivity index (χ2v) is 8.20. The van der Waals surface area contributed by atoms with Crippen molar-refractivity contribution in [2.24, 2.45) is 7.05 Å². The van der Waals surface area contributed by atoms with Crippen molar-refractivity contribution in [2.75, 3.05) is 37.7 Å². The van der Waals surface area contributed by atoms with Gasteiger partial charge < -0.3 is 4.57 Å². The first-order valence-corrected chi connectivity index (χ1v) is 10.0. The van der Waals surface area contributed by atoms with Crippen LogP contribution in [-0.2, 0) is 13.6 Å². The summed E-state index contributed by atoms with van der Waals surface area (Å²) in [5, 5.41) is 1.35. The maximum absolute atomic E-state index is 2.74. The van der Waals surface area contributed by atoms with Gasteiger partial charge in [-0.15, -0.1) is 0 Å². The van der Waals surface area contributed by atoms with Crippen LogP contribution in [0.4, 0.5) is 0 Å². The van der Waals surface area contributed by atoms with E-state index in [-0.39, 0.29) is 0 Å². The first-order valence-electron chi connectivity index (χ1n) is 8.88. The fourth-order valence-electron chi connectivity index (χ4n) is 4.05. The third kappa shape index (κ3) is 3.44. The highest BCUT2D eigenvalue weighted by molar-refractivity contribution is 7.99. The van der Waals surface area contributed by atoms with E-state index in [0.29, 0.717) is 0 Å². The van der Waals surface area contributed by atoms with E-state index in [0.717, 1.165) is 12.6 Å². The van der Waals surface area contributed by atoms with Crippen molar-refractivity contribution in [1.29, 1.82) is 0 Å². The SMILES string of the molecule is Cn1ccc2ccc(CN3CCC(N4CCSCC4)CC3)cc21. The molecule has 3 nitrogen and oxygen atoms in total. The van der Waals surface area contributed by atoms with Crippen molar-refractivity contribution in [3.8, 4) is 0 Å². The molecule has 0 spiro atoms. The average Bonchev–Trinajstić information content (AvgIpc) is 2.97. The normalized spacial score (nSPS) is 22.0. The Morgan fingerprint density at radius 2 is 1.83 bits per heavy atom. The number of hydrogen-bond acceptors (Lipinski definition) is 3. The van der Waals surface area contributed by atoms with Crippen LogP contribution in [0.25, 0.3) is 10.9 Å². The van der Waals surface area contributed by atoms with Gasteiger partial charge in [-0.3, -0.25) is 9.80 Å². The standard InChI is InChI=1S/C19H27N3S/c1-20-7-4-17-3-2-16(14-19(17)20)15-21-8-5-18(6-9-21)22-10-12-23-13-11-22/h2-4,7,14,18H,5-6,8-13,15H2,1H3. The molecular formula is C19H27N3S. The monoisotopic (exact) mass is 329 g/mol. The van der Waals surface area contributed by atoms with Gasteiger partial charge in [0.1, 0.15) is 0 Å². The number of hydrogen-bond donors (Lipinski definition) is 0. The lowest BCUT2D eigenvalue weighted by Crippen LogP contribution is -2.47. The van der Waals surface area contributed by atoms with Crippen molar-refractivity contribution in [2.45, 2.75) is 25.4 Å². The minimum atomic E-state index is 0.836. The second-order valence-electron chi connectivity index (χ2n) is 6.98. The second kappa shape index (κ2) is 6.88. The van der Waals surface area contributed by atoms with Gasteiger partial charge in [0.05, 0.1) is 0 Å². The molecule has 0 unspecified atom stereocenters. The smallest absolute Gasteiger partial charge is 0.0480 e. The summed E-state index contributed by atoms with van der Waals surface area (Å²) in [5.74, 6) is 2.66. The Hall–Kier alpha value is -0.970. The lowest BCUT2D eigenvalue weighted by molar-refractivity contribution is 0.112. The number of likely N-dealkylation sites (tertiary alicyclic amines) is 1. The Bertz CT molecular complexity index is 652. The number of rotatable bonds is 3. The molecule has 4 rings (SSSR count). The van der Waals surface area contributed by atoms with Gasteiger partial charge in [-0.2, -0.15) is 11.8 Å². The lowest BCUT2D eigenvalue weighted by atomic mass is 10.0.